The van der Waals surface area contributed by atoms with Crippen molar-refractivity contribution in [2.24, 2.45) is 0 Å². The highest BCUT2D eigenvalue weighted by molar-refractivity contribution is 5.22. The molecule has 0 spiro atoms. The summed E-state index contributed by atoms with van der Waals surface area (Å²) in [5.74, 6) is 0.587. The van der Waals surface area contributed by atoms with Crippen molar-refractivity contribution in [1.29, 1.82) is 0 Å². The van der Waals surface area contributed by atoms with Gasteiger partial charge in [-0.15, -0.1) is 9.61 Å². The molecule has 2 aromatic rings. The maximum atomic E-state index is 11.0. The van der Waals surface area contributed by atoms with Gasteiger partial charge in [0.25, 0.3) is 0 Å². The van der Waals surface area contributed by atoms with Crippen LogP contribution in [0.3, 0.4) is 0 Å². The molecule has 2 rings (SSSR count). The van der Waals surface area contributed by atoms with E-state index >= 15 is 0 Å². The van der Waals surface area contributed by atoms with Crippen LogP contribution in [0.1, 0.15) is 5.82 Å². The fraction of sp³-hybridized carbons (Fsp3) is 0.200. The monoisotopic (exact) mass is 167 g/mol. The molecular weight excluding hydrogens is 162 g/mol. The zero-order chi connectivity index (χ0) is 8.72. The minimum absolute atomic E-state index is 0.154. The van der Waals surface area contributed by atoms with Crippen LogP contribution >= 0.6 is 0 Å². The van der Waals surface area contributed by atoms with Gasteiger partial charge in [0.2, 0.25) is 5.78 Å². The lowest BCUT2D eigenvalue weighted by Gasteiger charge is -1.85. The second-order valence-corrected chi connectivity index (χ2v) is 2.28. The highest BCUT2D eigenvalue weighted by atomic mass is 16.2. The molecule has 7 nitrogen and oxygen atoms in total. The number of nitrogens with zero attached hydrogens (tertiary/aromatic N) is 3. The molecule has 0 saturated heterocycles. The van der Waals surface area contributed by atoms with Crippen molar-refractivity contribution in [3.05, 3.63) is 26.8 Å². The Morgan fingerprint density at radius 2 is 2.08 bits per heavy atom. The van der Waals surface area contributed by atoms with Gasteiger partial charge in [0.05, 0.1) is 0 Å². The minimum Gasteiger partial charge on any atom is -0.276 e. The van der Waals surface area contributed by atoms with Crippen molar-refractivity contribution < 1.29 is 0 Å². The molecule has 0 unspecified atom stereocenters. The maximum absolute atomic E-state index is 11.0. The van der Waals surface area contributed by atoms with E-state index in [9.17, 15) is 9.59 Å². The van der Waals surface area contributed by atoms with Gasteiger partial charge < -0.3 is 0 Å². The third-order valence-electron chi connectivity index (χ3n) is 1.35. The number of nitrogens with one attached hydrogen (secondary N) is 2. The Morgan fingerprint density at radius 1 is 1.33 bits per heavy atom. The molecule has 0 bridgehead atoms. The second-order valence-electron chi connectivity index (χ2n) is 2.28. The van der Waals surface area contributed by atoms with Crippen molar-refractivity contribution in [3.63, 3.8) is 0 Å². The van der Waals surface area contributed by atoms with Gasteiger partial charge in [0.15, 0.2) is 0 Å². The fourth-order valence-corrected chi connectivity index (χ4v) is 0.920. The normalized spacial score (nSPS) is 10.8. The molecular formula is C5H5N5O2. The summed E-state index contributed by atoms with van der Waals surface area (Å²) in [5.41, 5.74) is -1.17. The van der Waals surface area contributed by atoms with E-state index in [0.29, 0.717) is 5.82 Å². The zero-order valence-electron chi connectivity index (χ0n) is 6.16. The molecule has 2 N–H and O–H groups in total. The lowest BCUT2D eigenvalue weighted by molar-refractivity contribution is 0.811. The van der Waals surface area contributed by atoms with E-state index in [1.165, 1.54) is 0 Å². The number of hydrogen-bond donors (Lipinski definition) is 2. The highest BCUT2D eigenvalue weighted by Gasteiger charge is 2.02. The third kappa shape index (κ3) is 0.831. The number of fused-ring (bicyclic) bond motifs is 1. The summed E-state index contributed by atoms with van der Waals surface area (Å²) in [6.07, 6.45) is 0. The summed E-state index contributed by atoms with van der Waals surface area (Å²) < 4.78 is 0.997. The van der Waals surface area contributed by atoms with Crippen LogP contribution in [0.5, 0.6) is 0 Å². The Labute approximate surface area is 65.1 Å². The topological polar surface area (TPSA) is 95.9 Å². The molecule has 0 atom stereocenters. The summed E-state index contributed by atoms with van der Waals surface area (Å²) in [5, 5.41) is 3.75. The Morgan fingerprint density at radius 3 is 2.83 bits per heavy atom. The van der Waals surface area contributed by atoms with Gasteiger partial charge in [-0.1, -0.05) is 0 Å². The second kappa shape index (κ2) is 2.03. The van der Waals surface area contributed by atoms with E-state index in [2.05, 4.69) is 15.1 Å². The Kier molecular flexibility index (Phi) is 1.15. The molecule has 2 aromatic heterocycles. The average Bonchev–Trinajstić information content (AvgIpc) is 2.29. The minimum atomic E-state index is -0.589. The Balaban J connectivity index is 3.08. The van der Waals surface area contributed by atoms with Gasteiger partial charge >= 0.3 is 11.4 Å². The number of aryl methyl sites for hydroxylation is 1. The van der Waals surface area contributed by atoms with E-state index in [1.807, 2.05) is 4.98 Å². The fourth-order valence-electron chi connectivity index (χ4n) is 0.920. The molecule has 0 aromatic carbocycles. The lowest BCUT2D eigenvalue weighted by atomic mass is 10.8. The first kappa shape index (κ1) is 6.77. The van der Waals surface area contributed by atoms with Gasteiger partial charge in [-0.05, 0) is 6.92 Å². The molecule has 0 radical (unpaired) electrons. The first-order valence-corrected chi connectivity index (χ1v) is 3.23. The predicted octanol–water partition coefficient (Wildman–Crippen LogP) is -1.59. The van der Waals surface area contributed by atoms with Crippen molar-refractivity contribution in [2.75, 3.05) is 0 Å². The molecule has 2 heterocycles. The smallest absolute Gasteiger partial charge is 0.276 e. The van der Waals surface area contributed by atoms with Crippen LogP contribution in [0, 0.1) is 6.92 Å². The largest absolute Gasteiger partial charge is 0.353 e. The van der Waals surface area contributed by atoms with Gasteiger partial charge in [-0.25, -0.2) is 9.59 Å². The molecule has 0 fully saturated rings. The molecule has 0 aliphatic heterocycles. The Hall–Kier alpha value is -1.92. The summed E-state index contributed by atoms with van der Waals surface area (Å²) in [6.45, 7) is 1.63. The van der Waals surface area contributed by atoms with Crippen molar-refractivity contribution >= 4 is 5.78 Å². The van der Waals surface area contributed by atoms with Crippen LogP contribution in [0.2, 0.25) is 0 Å². The number of aromatic nitrogens is 5. The molecule has 0 amide bonds. The molecule has 7 heteroatoms. The first-order valence-electron chi connectivity index (χ1n) is 3.23. The zero-order valence-corrected chi connectivity index (χ0v) is 6.16. The van der Waals surface area contributed by atoms with Crippen molar-refractivity contribution in [2.45, 2.75) is 6.92 Å². The quantitative estimate of drug-likeness (QED) is 0.494. The van der Waals surface area contributed by atoms with Crippen LogP contribution in [0.4, 0.5) is 0 Å². The van der Waals surface area contributed by atoms with E-state index in [4.69, 9.17) is 0 Å². The van der Waals surface area contributed by atoms with E-state index in [1.54, 1.807) is 6.92 Å². The summed E-state index contributed by atoms with van der Waals surface area (Å²) in [6, 6.07) is 0. The van der Waals surface area contributed by atoms with Crippen molar-refractivity contribution in [1.82, 2.24) is 24.6 Å². The first-order chi connectivity index (χ1) is 5.66. The van der Waals surface area contributed by atoms with Crippen LogP contribution in [0.25, 0.3) is 5.78 Å². The molecule has 0 saturated carbocycles. The number of aromatic amines is 2. The van der Waals surface area contributed by atoms with Gasteiger partial charge in [-0.2, -0.15) is 4.98 Å². The average molecular weight is 167 g/mol. The van der Waals surface area contributed by atoms with E-state index in [-0.39, 0.29) is 5.78 Å². The molecule has 62 valence electrons. The van der Waals surface area contributed by atoms with E-state index in [0.717, 1.165) is 4.52 Å². The maximum Gasteiger partial charge on any atom is 0.353 e. The van der Waals surface area contributed by atoms with Crippen LogP contribution < -0.4 is 11.4 Å². The SMILES string of the molecule is Cc1nc2[nH]c(=O)[nH]c(=O)n2n1. The number of hydrogen-bond acceptors (Lipinski definition) is 4. The van der Waals surface area contributed by atoms with Crippen LogP contribution in [-0.4, -0.2) is 24.6 Å². The summed E-state index contributed by atoms with van der Waals surface area (Å²) >= 11 is 0. The standard InChI is InChI=1S/C5H5N5O2/c1-2-6-3-7-4(11)8-5(12)10(3)9-2/h1H3,(H2,6,7,8,9,11,12). The molecule has 12 heavy (non-hydrogen) atoms. The summed E-state index contributed by atoms with van der Waals surface area (Å²) in [7, 11) is 0. The van der Waals surface area contributed by atoms with Crippen LogP contribution in [-0.2, 0) is 0 Å². The van der Waals surface area contributed by atoms with Gasteiger partial charge in [0, 0.05) is 0 Å². The van der Waals surface area contributed by atoms with Gasteiger partial charge in [-0.3, -0.25) is 9.97 Å². The van der Waals surface area contributed by atoms with Crippen LogP contribution in [0.15, 0.2) is 9.59 Å². The number of H-pyrrole nitrogens is 2. The summed E-state index contributed by atoms with van der Waals surface area (Å²) in [4.78, 5) is 29.9. The van der Waals surface area contributed by atoms with Crippen molar-refractivity contribution in [3.8, 4) is 0 Å². The molecule has 0 aliphatic carbocycles. The number of rotatable bonds is 0. The van der Waals surface area contributed by atoms with E-state index < -0.39 is 11.4 Å². The highest BCUT2D eigenvalue weighted by Crippen LogP contribution is 1.87. The molecule has 0 aliphatic rings. The van der Waals surface area contributed by atoms with Gasteiger partial charge in [0.1, 0.15) is 5.82 Å². The Bertz CT molecular complexity index is 532. The third-order valence-corrected chi connectivity index (χ3v) is 1.35. The predicted molar refractivity (Wildman–Crippen MR) is 39.0 cm³/mol. The lowest BCUT2D eigenvalue weighted by Crippen LogP contribution is -2.28.